The van der Waals surface area contributed by atoms with Crippen molar-refractivity contribution in [3.8, 4) is 5.69 Å². The number of carbonyl (C=O) groups excluding carboxylic acids is 1. The van der Waals surface area contributed by atoms with Gasteiger partial charge in [0.2, 0.25) is 5.91 Å². The molecule has 0 spiro atoms. The standard InChI is InChI=1S/C16H15FN6O3/c17-11-2-1-3-12(8-11)23-15-14(19-20-23)16(25)22(10-18-15)9-13(24)21-4-6-26-7-5-21/h1-3,8,10H,4-7,9H2. The first-order valence-corrected chi connectivity index (χ1v) is 8.06. The molecule has 1 aliphatic rings. The summed E-state index contributed by atoms with van der Waals surface area (Å²) < 4.78 is 21.1. The van der Waals surface area contributed by atoms with E-state index in [4.69, 9.17) is 4.74 Å². The molecule has 1 fully saturated rings. The van der Waals surface area contributed by atoms with Crippen LogP contribution >= 0.6 is 0 Å². The van der Waals surface area contributed by atoms with Crippen LogP contribution in [0.5, 0.6) is 0 Å². The van der Waals surface area contributed by atoms with Crippen molar-refractivity contribution in [1.82, 2.24) is 29.4 Å². The average molecular weight is 358 g/mol. The van der Waals surface area contributed by atoms with Crippen molar-refractivity contribution in [1.29, 1.82) is 0 Å². The first-order chi connectivity index (χ1) is 12.6. The summed E-state index contributed by atoms with van der Waals surface area (Å²) in [7, 11) is 0. The Labute approximate surface area is 146 Å². The molecule has 0 aliphatic carbocycles. The molecular weight excluding hydrogens is 343 g/mol. The van der Waals surface area contributed by atoms with E-state index in [0.29, 0.717) is 32.0 Å². The molecule has 0 bridgehead atoms. The van der Waals surface area contributed by atoms with Gasteiger partial charge >= 0.3 is 0 Å². The van der Waals surface area contributed by atoms with Crippen molar-refractivity contribution >= 4 is 17.1 Å². The number of aromatic nitrogens is 5. The minimum atomic E-state index is -0.473. The van der Waals surface area contributed by atoms with Gasteiger partial charge < -0.3 is 9.64 Å². The van der Waals surface area contributed by atoms with E-state index in [9.17, 15) is 14.0 Å². The molecule has 10 heteroatoms. The normalized spacial score (nSPS) is 14.7. The Morgan fingerprint density at radius 2 is 2.08 bits per heavy atom. The molecular formula is C16H15FN6O3. The van der Waals surface area contributed by atoms with E-state index in [2.05, 4.69) is 15.3 Å². The van der Waals surface area contributed by atoms with Crippen LogP contribution in [0.2, 0.25) is 0 Å². The Morgan fingerprint density at radius 1 is 1.27 bits per heavy atom. The first-order valence-electron chi connectivity index (χ1n) is 8.06. The Balaban J connectivity index is 1.66. The first kappa shape index (κ1) is 16.3. The molecule has 26 heavy (non-hydrogen) atoms. The Morgan fingerprint density at radius 3 is 2.85 bits per heavy atom. The summed E-state index contributed by atoms with van der Waals surface area (Å²) in [4.78, 5) is 30.7. The Bertz CT molecular complexity index is 1020. The van der Waals surface area contributed by atoms with Crippen LogP contribution in [0.15, 0.2) is 35.4 Å². The zero-order valence-electron chi connectivity index (χ0n) is 13.7. The molecule has 1 aromatic carbocycles. The maximum absolute atomic E-state index is 13.4. The maximum atomic E-state index is 13.4. The highest BCUT2D eigenvalue weighted by Crippen LogP contribution is 2.13. The van der Waals surface area contributed by atoms with Gasteiger partial charge in [0, 0.05) is 13.1 Å². The van der Waals surface area contributed by atoms with Gasteiger partial charge in [0.25, 0.3) is 5.56 Å². The largest absolute Gasteiger partial charge is 0.378 e. The average Bonchev–Trinajstić information content (AvgIpc) is 3.09. The van der Waals surface area contributed by atoms with E-state index in [1.807, 2.05) is 0 Å². The number of hydrogen-bond donors (Lipinski definition) is 0. The molecule has 0 N–H and O–H groups in total. The lowest BCUT2D eigenvalue weighted by Crippen LogP contribution is -2.43. The fraction of sp³-hybridized carbons (Fsp3) is 0.312. The predicted octanol–water partition coefficient (Wildman–Crippen LogP) is -0.0249. The third-order valence-electron chi connectivity index (χ3n) is 4.15. The number of benzene rings is 1. The van der Waals surface area contributed by atoms with Crippen LogP contribution in [0.1, 0.15) is 0 Å². The summed E-state index contributed by atoms with van der Waals surface area (Å²) in [6.07, 6.45) is 1.28. The highest BCUT2D eigenvalue weighted by molar-refractivity contribution is 5.77. The van der Waals surface area contributed by atoms with Crippen molar-refractivity contribution in [2.75, 3.05) is 26.3 Å². The van der Waals surface area contributed by atoms with Crippen LogP contribution in [0.3, 0.4) is 0 Å². The number of nitrogens with zero attached hydrogens (tertiary/aromatic N) is 6. The smallest absolute Gasteiger partial charge is 0.284 e. The van der Waals surface area contributed by atoms with Crippen LogP contribution in [-0.2, 0) is 16.1 Å². The summed E-state index contributed by atoms with van der Waals surface area (Å²) in [5, 5.41) is 7.74. The predicted molar refractivity (Wildman–Crippen MR) is 88.3 cm³/mol. The topological polar surface area (TPSA) is 95.1 Å². The van der Waals surface area contributed by atoms with Gasteiger partial charge in [-0.05, 0) is 18.2 Å². The minimum absolute atomic E-state index is 0.0199. The Kier molecular flexibility index (Phi) is 4.17. The summed E-state index contributed by atoms with van der Waals surface area (Å²) in [5.74, 6) is -0.621. The fourth-order valence-electron chi connectivity index (χ4n) is 2.80. The third-order valence-corrected chi connectivity index (χ3v) is 4.15. The lowest BCUT2D eigenvalue weighted by molar-refractivity contribution is -0.135. The van der Waals surface area contributed by atoms with Crippen molar-refractivity contribution in [2.45, 2.75) is 6.54 Å². The zero-order valence-corrected chi connectivity index (χ0v) is 13.7. The van der Waals surface area contributed by atoms with Gasteiger partial charge in [-0.2, -0.15) is 4.68 Å². The fourth-order valence-corrected chi connectivity index (χ4v) is 2.80. The van der Waals surface area contributed by atoms with Gasteiger partial charge in [-0.1, -0.05) is 11.3 Å². The second-order valence-electron chi connectivity index (χ2n) is 5.82. The summed E-state index contributed by atoms with van der Waals surface area (Å²) in [5.41, 5.74) is 0.156. The number of fused-ring (bicyclic) bond motifs is 1. The van der Waals surface area contributed by atoms with E-state index in [1.54, 1.807) is 11.0 Å². The molecule has 4 rings (SSSR count). The SMILES string of the molecule is O=C(Cn1cnc2c(nnn2-c2cccc(F)c2)c1=O)N1CCOCC1. The van der Waals surface area contributed by atoms with Crippen molar-refractivity contribution in [3.63, 3.8) is 0 Å². The van der Waals surface area contributed by atoms with Crippen LogP contribution in [-0.4, -0.2) is 61.7 Å². The number of carbonyl (C=O) groups is 1. The molecule has 0 radical (unpaired) electrons. The molecule has 1 aliphatic heterocycles. The molecule has 0 atom stereocenters. The van der Waals surface area contributed by atoms with E-state index in [1.165, 1.54) is 33.8 Å². The third kappa shape index (κ3) is 2.94. The molecule has 3 heterocycles. The monoisotopic (exact) mass is 358 g/mol. The number of ether oxygens (including phenoxy) is 1. The summed E-state index contributed by atoms with van der Waals surface area (Å²) >= 11 is 0. The molecule has 1 amide bonds. The number of morpholine rings is 1. The Hall–Kier alpha value is -3.14. The van der Waals surface area contributed by atoms with Crippen molar-refractivity contribution in [2.24, 2.45) is 0 Å². The van der Waals surface area contributed by atoms with Gasteiger partial charge in [0.05, 0.1) is 18.9 Å². The summed E-state index contributed by atoms with van der Waals surface area (Å²) in [6.45, 7) is 1.84. The number of hydrogen-bond acceptors (Lipinski definition) is 6. The molecule has 9 nitrogen and oxygen atoms in total. The van der Waals surface area contributed by atoms with Gasteiger partial charge in [-0.15, -0.1) is 5.10 Å². The highest BCUT2D eigenvalue weighted by Gasteiger charge is 2.19. The zero-order chi connectivity index (χ0) is 18.1. The lowest BCUT2D eigenvalue weighted by atomic mass is 10.3. The van der Waals surface area contributed by atoms with Crippen LogP contribution in [0.4, 0.5) is 4.39 Å². The van der Waals surface area contributed by atoms with Gasteiger partial charge in [-0.25, -0.2) is 9.37 Å². The molecule has 2 aromatic heterocycles. The second kappa shape index (κ2) is 6.64. The van der Waals surface area contributed by atoms with Crippen LogP contribution in [0.25, 0.3) is 16.9 Å². The van der Waals surface area contributed by atoms with E-state index in [-0.39, 0.29) is 23.6 Å². The lowest BCUT2D eigenvalue weighted by Gasteiger charge is -2.26. The van der Waals surface area contributed by atoms with Gasteiger partial charge in [0.1, 0.15) is 18.7 Å². The van der Waals surface area contributed by atoms with Gasteiger partial charge in [-0.3, -0.25) is 14.2 Å². The van der Waals surface area contributed by atoms with Gasteiger partial charge in [0.15, 0.2) is 11.2 Å². The molecule has 1 saturated heterocycles. The minimum Gasteiger partial charge on any atom is -0.378 e. The molecule has 0 unspecified atom stereocenters. The van der Waals surface area contributed by atoms with E-state index in [0.717, 1.165) is 0 Å². The molecule has 3 aromatic rings. The summed E-state index contributed by atoms with van der Waals surface area (Å²) in [6, 6.07) is 5.73. The second-order valence-corrected chi connectivity index (χ2v) is 5.82. The number of halogens is 1. The quantitative estimate of drug-likeness (QED) is 0.653. The molecule has 0 saturated carbocycles. The number of rotatable bonds is 3. The van der Waals surface area contributed by atoms with Crippen molar-refractivity contribution < 1.29 is 13.9 Å². The molecule has 134 valence electrons. The number of amides is 1. The van der Waals surface area contributed by atoms with Crippen molar-refractivity contribution in [3.05, 3.63) is 46.8 Å². The van der Waals surface area contributed by atoms with Crippen LogP contribution < -0.4 is 5.56 Å². The maximum Gasteiger partial charge on any atom is 0.284 e. The van der Waals surface area contributed by atoms with E-state index < -0.39 is 11.4 Å². The van der Waals surface area contributed by atoms with Crippen LogP contribution in [0, 0.1) is 5.82 Å². The highest BCUT2D eigenvalue weighted by atomic mass is 19.1. The van der Waals surface area contributed by atoms with E-state index >= 15 is 0 Å².